The number of amides is 1. The van der Waals surface area contributed by atoms with Crippen LogP contribution in [0.15, 0.2) is 12.1 Å². The Balaban J connectivity index is 1.98. The van der Waals surface area contributed by atoms with E-state index < -0.39 is 0 Å². The molecule has 2 rings (SSSR count). The molecule has 1 aliphatic rings. The molecule has 2 heterocycles. The van der Waals surface area contributed by atoms with Gasteiger partial charge in [-0.25, -0.2) is 0 Å². The van der Waals surface area contributed by atoms with Crippen LogP contribution in [-0.4, -0.2) is 35.0 Å². The van der Waals surface area contributed by atoms with E-state index in [4.69, 9.17) is 11.6 Å². The number of carbonyl (C=O) groups excluding carboxylic acids is 1. The van der Waals surface area contributed by atoms with Crippen LogP contribution < -0.4 is 5.32 Å². The minimum Gasteiger partial charge on any atom is -0.336 e. The van der Waals surface area contributed by atoms with Gasteiger partial charge in [0, 0.05) is 23.1 Å². The Labute approximate surface area is 115 Å². The molecular weight excluding hydrogens is 276 g/mol. The Kier molecular flexibility index (Phi) is 4.73. The van der Waals surface area contributed by atoms with Gasteiger partial charge in [0.25, 0.3) is 0 Å². The summed E-state index contributed by atoms with van der Waals surface area (Å²) in [6.45, 7) is 3.40. The molecule has 0 radical (unpaired) electrons. The summed E-state index contributed by atoms with van der Waals surface area (Å²) in [5.74, 6) is 1.95. The smallest absolute Gasteiger partial charge is 0.240 e. The minimum absolute atomic E-state index is 0.0182. The lowest BCUT2D eigenvalue weighted by Gasteiger charge is -2.23. The average molecular weight is 291 g/mol. The van der Waals surface area contributed by atoms with Gasteiger partial charge in [-0.2, -0.15) is 0 Å². The van der Waals surface area contributed by atoms with E-state index in [-0.39, 0.29) is 11.9 Å². The van der Waals surface area contributed by atoms with Crippen LogP contribution in [0.25, 0.3) is 0 Å². The predicted octanol–water partition coefficient (Wildman–Crippen LogP) is 2.41. The van der Waals surface area contributed by atoms with Gasteiger partial charge in [0.2, 0.25) is 5.91 Å². The maximum absolute atomic E-state index is 12.2. The highest BCUT2D eigenvalue weighted by Gasteiger charge is 2.26. The normalized spacial score (nSPS) is 19.5. The first-order chi connectivity index (χ1) is 8.20. The molecule has 0 aliphatic carbocycles. The Morgan fingerprint density at radius 2 is 2.47 bits per heavy atom. The lowest BCUT2D eigenvalue weighted by atomic mass is 10.2. The van der Waals surface area contributed by atoms with Crippen LogP contribution in [0.4, 0.5) is 0 Å². The van der Waals surface area contributed by atoms with E-state index >= 15 is 0 Å². The van der Waals surface area contributed by atoms with Crippen molar-refractivity contribution in [2.75, 3.05) is 18.2 Å². The van der Waals surface area contributed by atoms with Crippen molar-refractivity contribution < 1.29 is 4.79 Å². The average Bonchev–Trinajstić information content (AvgIpc) is 2.96. The molecule has 0 spiro atoms. The molecule has 1 atom stereocenters. The molecular formula is C11H15ClN2OS2. The quantitative estimate of drug-likeness (QED) is 0.924. The fraction of sp³-hybridized carbons (Fsp3) is 0.545. The summed E-state index contributed by atoms with van der Waals surface area (Å²) in [4.78, 5) is 15.2. The molecule has 1 N–H and O–H groups in total. The van der Waals surface area contributed by atoms with Gasteiger partial charge in [-0.3, -0.25) is 10.1 Å². The third-order valence-electron chi connectivity index (χ3n) is 2.68. The molecule has 3 nitrogen and oxygen atoms in total. The molecule has 1 fully saturated rings. The number of hydrogen-bond acceptors (Lipinski definition) is 4. The third-order valence-corrected chi connectivity index (χ3v) is 4.84. The molecule has 6 heteroatoms. The van der Waals surface area contributed by atoms with Crippen LogP contribution in [0.2, 0.25) is 4.34 Å². The summed E-state index contributed by atoms with van der Waals surface area (Å²) in [5.41, 5.74) is 0. The monoisotopic (exact) mass is 290 g/mol. The van der Waals surface area contributed by atoms with E-state index in [1.54, 1.807) is 11.8 Å². The van der Waals surface area contributed by atoms with Crippen LogP contribution in [0, 0.1) is 0 Å². The second-order valence-electron chi connectivity index (χ2n) is 3.83. The van der Waals surface area contributed by atoms with Crippen molar-refractivity contribution in [2.24, 2.45) is 0 Å². The number of rotatable bonds is 4. The zero-order valence-electron chi connectivity index (χ0n) is 9.61. The lowest BCUT2D eigenvalue weighted by molar-refractivity contribution is -0.133. The van der Waals surface area contributed by atoms with Gasteiger partial charge in [0.1, 0.15) is 0 Å². The number of carbonyl (C=O) groups is 1. The SMILES string of the molecule is CCN(Cc1ccc(Cl)s1)C(=O)C1CSCN1. The van der Waals surface area contributed by atoms with Gasteiger partial charge in [0.15, 0.2) is 0 Å². The summed E-state index contributed by atoms with van der Waals surface area (Å²) in [7, 11) is 0. The van der Waals surface area contributed by atoms with Gasteiger partial charge in [0.05, 0.1) is 16.9 Å². The molecule has 1 saturated heterocycles. The number of thiophene rings is 1. The van der Waals surface area contributed by atoms with Crippen molar-refractivity contribution in [2.45, 2.75) is 19.5 Å². The molecule has 0 aromatic carbocycles. The summed E-state index contributed by atoms with van der Waals surface area (Å²) in [6, 6.07) is 3.85. The first-order valence-corrected chi connectivity index (χ1v) is 7.89. The van der Waals surface area contributed by atoms with Crippen molar-refractivity contribution in [3.63, 3.8) is 0 Å². The molecule has 1 aromatic heterocycles. The first-order valence-electron chi connectivity index (χ1n) is 5.55. The summed E-state index contributed by atoms with van der Waals surface area (Å²) in [5, 5.41) is 3.21. The Bertz CT molecular complexity index is 391. The number of hydrogen-bond donors (Lipinski definition) is 1. The van der Waals surface area contributed by atoms with E-state index in [9.17, 15) is 4.79 Å². The predicted molar refractivity (Wildman–Crippen MR) is 74.7 cm³/mol. The Morgan fingerprint density at radius 1 is 1.65 bits per heavy atom. The summed E-state index contributed by atoms with van der Waals surface area (Å²) >= 11 is 9.20. The highest BCUT2D eigenvalue weighted by atomic mass is 35.5. The molecule has 1 amide bonds. The molecule has 0 saturated carbocycles. The van der Waals surface area contributed by atoms with E-state index in [0.717, 1.165) is 27.4 Å². The first kappa shape index (κ1) is 13.2. The second kappa shape index (κ2) is 6.09. The van der Waals surface area contributed by atoms with E-state index in [0.29, 0.717) is 6.54 Å². The standard InChI is InChI=1S/C11H15ClN2OS2/c1-2-14(5-8-3-4-10(12)17-8)11(15)9-6-16-7-13-9/h3-4,9,13H,2,5-7H2,1H3. The largest absolute Gasteiger partial charge is 0.336 e. The van der Waals surface area contributed by atoms with Gasteiger partial charge in [-0.05, 0) is 19.1 Å². The number of thioether (sulfide) groups is 1. The maximum Gasteiger partial charge on any atom is 0.240 e. The van der Waals surface area contributed by atoms with E-state index in [1.165, 1.54) is 11.3 Å². The van der Waals surface area contributed by atoms with Crippen LogP contribution in [0.5, 0.6) is 0 Å². The fourth-order valence-electron chi connectivity index (χ4n) is 1.74. The second-order valence-corrected chi connectivity index (χ2v) is 6.66. The highest BCUT2D eigenvalue weighted by Crippen LogP contribution is 2.23. The summed E-state index contributed by atoms with van der Waals surface area (Å²) in [6.07, 6.45) is 0. The van der Waals surface area contributed by atoms with Gasteiger partial charge >= 0.3 is 0 Å². The number of likely N-dealkylation sites (N-methyl/N-ethyl adjacent to an activating group) is 1. The molecule has 1 aromatic rings. The van der Waals surface area contributed by atoms with E-state index in [2.05, 4.69) is 5.32 Å². The minimum atomic E-state index is -0.0182. The molecule has 1 unspecified atom stereocenters. The van der Waals surface area contributed by atoms with E-state index in [1.807, 2.05) is 24.0 Å². The molecule has 94 valence electrons. The molecule has 17 heavy (non-hydrogen) atoms. The van der Waals surface area contributed by atoms with Gasteiger partial charge in [-0.1, -0.05) is 11.6 Å². The Hall–Kier alpha value is -0.230. The summed E-state index contributed by atoms with van der Waals surface area (Å²) < 4.78 is 0.776. The van der Waals surface area contributed by atoms with Crippen molar-refractivity contribution in [1.82, 2.24) is 10.2 Å². The number of halogens is 1. The van der Waals surface area contributed by atoms with Crippen LogP contribution >= 0.6 is 34.7 Å². The van der Waals surface area contributed by atoms with Crippen LogP contribution in [0.3, 0.4) is 0 Å². The van der Waals surface area contributed by atoms with Crippen molar-refractivity contribution in [1.29, 1.82) is 0 Å². The fourth-order valence-corrected chi connectivity index (χ4v) is 3.78. The molecule has 1 aliphatic heterocycles. The number of nitrogens with one attached hydrogen (secondary N) is 1. The maximum atomic E-state index is 12.2. The van der Waals surface area contributed by atoms with Crippen LogP contribution in [-0.2, 0) is 11.3 Å². The zero-order chi connectivity index (χ0) is 12.3. The van der Waals surface area contributed by atoms with Gasteiger partial charge in [-0.15, -0.1) is 23.1 Å². The third kappa shape index (κ3) is 3.37. The van der Waals surface area contributed by atoms with Crippen LogP contribution in [0.1, 0.15) is 11.8 Å². The van der Waals surface area contributed by atoms with Crippen molar-refractivity contribution in [3.05, 3.63) is 21.3 Å². The Morgan fingerprint density at radius 3 is 3.00 bits per heavy atom. The van der Waals surface area contributed by atoms with Crippen molar-refractivity contribution >= 4 is 40.6 Å². The topological polar surface area (TPSA) is 32.3 Å². The zero-order valence-corrected chi connectivity index (χ0v) is 12.0. The molecule has 0 bridgehead atoms. The highest BCUT2D eigenvalue weighted by molar-refractivity contribution is 7.99. The van der Waals surface area contributed by atoms with Gasteiger partial charge < -0.3 is 4.90 Å². The van der Waals surface area contributed by atoms with Crippen molar-refractivity contribution in [3.8, 4) is 0 Å². The lowest BCUT2D eigenvalue weighted by Crippen LogP contribution is -2.44. The number of nitrogens with zero attached hydrogens (tertiary/aromatic N) is 1.